The minimum atomic E-state index is -0.451. The van der Waals surface area contributed by atoms with Crippen LogP contribution in [0.3, 0.4) is 0 Å². The summed E-state index contributed by atoms with van der Waals surface area (Å²) in [5.74, 6) is -1.63. The van der Waals surface area contributed by atoms with E-state index in [4.69, 9.17) is 0 Å². The zero-order valence-corrected chi connectivity index (χ0v) is 19.7. The lowest BCUT2D eigenvalue weighted by molar-refractivity contribution is -0.139. The maximum absolute atomic E-state index is 13.5. The number of nitrogens with zero attached hydrogens (tertiary/aromatic N) is 2. The molecule has 1 heterocycles. The molecule has 1 saturated heterocycles. The van der Waals surface area contributed by atoms with E-state index in [-0.39, 0.29) is 29.4 Å². The number of carbonyl (C=O) groups is 2. The maximum Gasteiger partial charge on any atom is 0.254 e. The number of hydrazone groups is 1. The number of carbonyl (C=O) groups excluding carboxylic acids is 2. The number of hydrogen-bond donors (Lipinski definition) is 1. The third-order valence-electron chi connectivity index (χ3n) is 6.79. The van der Waals surface area contributed by atoms with Crippen LogP contribution < -0.4 is 0 Å². The molecular weight excluding hydrogens is 536 g/mol. The van der Waals surface area contributed by atoms with Gasteiger partial charge in [-0.25, -0.2) is 0 Å². The fraction of sp³-hybridized carbons (Fsp3) is 0.160. The van der Waals surface area contributed by atoms with Crippen molar-refractivity contribution in [2.45, 2.75) is 11.8 Å². The van der Waals surface area contributed by atoms with Crippen molar-refractivity contribution < 1.29 is 14.7 Å². The van der Waals surface area contributed by atoms with Crippen LogP contribution in [0.4, 0.5) is 0 Å². The summed E-state index contributed by atoms with van der Waals surface area (Å²) in [6.45, 7) is 0. The highest BCUT2D eigenvalue weighted by molar-refractivity contribution is 9.11. The molecule has 2 amide bonds. The van der Waals surface area contributed by atoms with Crippen molar-refractivity contribution in [1.29, 1.82) is 0 Å². The van der Waals surface area contributed by atoms with Crippen molar-refractivity contribution in [3.63, 3.8) is 0 Å². The fourth-order valence-corrected chi connectivity index (χ4v) is 6.78. The summed E-state index contributed by atoms with van der Waals surface area (Å²) >= 11 is 6.58. The molecule has 3 aliphatic carbocycles. The molecule has 0 saturated carbocycles. The minimum absolute atomic E-state index is 0.0774. The van der Waals surface area contributed by atoms with E-state index in [2.05, 4.69) is 61.2 Å². The summed E-state index contributed by atoms with van der Waals surface area (Å²) < 4.78 is 0.982. The summed E-state index contributed by atoms with van der Waals surface area (Å²) in [6, 6.07) is 19.6. The maximum atomic E-state index is 13.5. The number of phenolic OH excluding ortho intramolecular Hbond substituents is 1. The standard InChI is InChI=1S/C25H16Br2N2O3/c26-17-9-12(10-18(27)23(17)30)11-28-29-24(31)21-19-13-5-1-2-6-14(13)20(22(21)25(29)32)16-8-4-3-7-15(16)19/h1-11,19-22,30H/b28-11+. The van der Waals surface area contributed by atoms with Gasteiger partial charge in [0.2, 0.25) is 0 Å². The summed E-state index contributed by atoms with van der Waals surface area (Å²) in [6.07, 6.45) is 1.48. The van der Waals surface area contributed by atoms with E-state index >= 15 is 0 Å². The second-order valence-corrected chi connectivity index (χ2v) is 10.0. The molecule has 2 bridgehead atoms. The normalized spacial score (nSPS) is 25.2. The Morgan fingerprint density at radius 2 is 1.19 bits per heavy atom. The molecule has 1 N–H and O–H groups in total. The zero-order valence-electron chi connectivity index (χ0n) is 16.6. The SMILES string of the molecule is O=C1C2C3c4ccccc4C(c4ccccc43)C2C(=O)N1/N=C/c1cc(Br)c(O)c(Br)c1. The van der Waals surface area contributed by atoms with Crippen LogP contribution in [0.2, 0.25) is 0 Å². The Hall–Kier alpha value is -2.77. The van der Waals surface area contributed by atoms with Crippen molar-refractivity contribution in [2.24, 2.45) is 16.9 Å². The lowest BCUT2D eigenvalue weighted by Gasteiger charge is -2.45. The zero-order chi connectivity index (χ0) is 22.1. The van der Waals surface area contributed by atoms with Crippen molar-refractivity contribution in [3.05, 3.63) is 97.4 Å². The third kappa shape index (κ3) is 2.64. The predicted molar refractivity (Wildman–Crippen MR) is 127 cm³/mol. The first kappa shape index (κ1) is 19.9. The first-order chi connectivity index (χ1) is 15.5. The lowest BCUT2D eigenvalue weighted by Crippen LogP contribution is -2.41. The second-order valence-electron chi connectivity index (χ2n) is 8.33. The Morgan fingerprint density at radius 3 is 1.59 bits per heavy atom. The van der Waals surface area contributed by atoms with Gasteiger partial charge in [0.1, 0.15) is 5.75 Å². The van der Waals surface area contributed by atoms with Gasteiger partial charge in [-0.15, -0.1) is 0 Å². The highest BCUT2D eigenvalue weighted by Crippen LogP contribution is 2.60. The largest absolute Gasteiger partial charge is 0.506 e. The van der Waals surface area contributed by atoms with Gasteiger partial charge in [-0.1, -0.05) is 48.5 Å². The molecule has 4 aliphatic rings. The average molecular weight is 552 g/mol. The molecular formula is C25H16Br2N2O3. The van der Waals surface area contributed by atoms with Gasteiger partial charge in [0, 0.05) is 11.8 Å². The van der Waals surface area contributed by atoms with Crippen LogP contribution in [0, 0.1) is 11.8 Å². The molecule has 3 aromatic rings. The smallest absolute Gasteiger partial charge is 0.254 e. The minimum Gasteiger partial charge on any atom is -0.506 e. The Balaban J connectivity index is 1.43. The summed E-state index contributed by atoms with van der Waals surface area (Å²) in [5, 5.41) is 15.3. The summed E-state index contributed by atoms with van der Waals surface area (Å²) in [4.78, 5) is 27.0. The molecule has 2 unspecified atom stereocenters. The van der Waals surface area contributed by atoms with Gasteiger partial charge in [0.05, 0.1) is 27.0 Å². The number of benzene rings is 3. The van der Waals surface area contributed by atoms with Crippen LogP contribution in [0.1, 0.15) is 39.7 Å². The van der Waals surface area contributed by atoms with E-state index in [1.807, 2.05) is 24.3 Å². The van der Waals surface area contributed by atoms with Crippen LogP contribution >= 0.6 is 31.9 Å². The Labute approximate surface area is 201 Å². The predicted octanol–water partition coefficient (Wildman–Crippen LogP) is 5.14. The molecule has 3 aromatic carbocycles. The second kappa shape index (κ2) is 7.12. The number of phenols is 1. The van der Waals surface area contributed by atoms with Gasteiger partial charge >= 0.3 is 0 Å². The van der Waals surface area contributed by atoms with Gasteiger partial charge in [0.25, 0.3) is 11.8 Å². The van der Waals surface area contributed by atoms with Crippen LogP contribution in [0.5, 0.6) is 5.75 Å². The average Bonchev–Trinajstić information content (AvgIpc) is 3.06. The summed E-state index contributed by atoms with van der Waals surface area (Å²) in [5.41, 5.74) is 5.19. The van der Waals surface area contributed by atoms with E-state index in [0.717, 1.165) is 27.3 Å². The molecule has 7 rings (SSSR count). The third-order valence-corrected chi connectivity index (χ3v) is 8.00. The Kier molecular flexibility index (Phi) is 4.42. The Morgan fingerprint density at radius 1 is 0.781 bits per heavy atom. The molecule has 5 nitrogen and oxygen atoms in total. The van der Waals surface area contributed by atoms with Crippen LogP contribution in [0.15, 0.2) is 74.7 Å². The molecule has 32 heavy (non-hydrogen) atoms. The fourth-order valence-electron chi connectivity index (χ4n) is 5.56. The van der Waals surface area contributed by atoms with Gasteiger partial charge in [-0.05, 0) is 71.8 Å². The molecule has 0 spiro atoms. The van der Waals surface area contributed by atoms with Crippen molar-refractivity contribution in [2.75, 3.05) is 0 Å². The monoisotopic (exact) mass is 550 g/mol. The van der Waals surface area contributed by atoms with Gasteiger partial charge in [-0.2, -0.15) is 10.1 Å². The van der Waals surface area contributed by atoms with Crippen LogP contribution in [-0.2, 0) is 9.59 Å². The number of imide groups is 1. The lowest BCUT2D eigenvalue weighted by atomic mass is 9.55. The molecule has 158 valence electrons. The molecule has 2 atom stereocenters. The highest BCUT2D eigenvalue weighted by atomic mass is 79.9. The highest BCUT2D eigenvalue weighted by Gasteiger charge is 2.61. The van der Waals surface area contributed by atoms with Crippen LogP contribution in [-0.4, -0.2) is 28.1 Å². The first-order valence-corrected chi connectivity index (χ1v) is 11.8. The number of rotatable bonds is 2. The molecule has 0 radical (unpaired) electrons. The molecule has 0 aromatic heterocycles. The number of aromatic hydroxyl groups is 1. The molecule has 1 fully saturated rings. The van der Waals surface area contributed by atoms with Crippen molar-refractivity contribution >= 4 is 49.9 Å². The van der Waals surface area contributed by atoms with Crippen molar-refractivity contribution in [3.8, 4) is 5.75 Å². The van der Waals surface area contributed by atoms with E-state index in [9.17, 15) is 14.7 Å². The van der Waals surface area contributed by atoms with E-state index < -0.39 is 11.8 Å². The first-order valence-electron chi connectivity index (χ1n) is 10.2. The van der Waals surface area contributed by atoms with Crippen LogP contribution in [0.25, 0.3) is 0 Å². The number of amides is 2. The van der Waals surface area contributed by atoms with Gasteiger partial charge in [-0.3, -0.25) is 9.59 Å². The summed E-state index contributed by atoms with van der Waals surface area (Å²) in [7, 11) is 0. The van der Waals surface area contributed by atoms with Gasteiger partial charge < -0.3 is 5.11 Å². The topological polar surface area (TPSA) is 70.0 Å². The number of halogens is 2. The van der Waals surface area contributed by atoms with E-state index in [1.54, 1.807) is 12.1 Å². The number of hydrogen-bond acceptors (Lipinski definition) is 4. The van der Waals surface area contributed by atoms with Crippen molar-refractivity contribution in [1.82, 2.24) is 5.01 Å². The van der Waals surface area contributed by atoms with E-state index in [0.29, 0.717) is 14.5 Å². The quantitative estimate of drug-likeness (QED) is 0.354. The molecule has 7 heteroatoms. The van der Waals surface area contributed by atoms with Gasteiger partial charge in [0.15, 0.2) is 0 Å². The Bertz CT molecular complexity index is 1210. The van der Waals surface area contributed by atoms with E-state index in [1.165, 1.54) is 6.21 Å². The molecule has 1 aliphatic heterocycles.